The Morgan fingerprint density at radius 3 is 1.31 bits per heavy atom. The fraction of sp³-hybridized carbons (Fsp3) is 0.263. The van der Waals surface area contributed by atoms with Gasteiger partial charge in [-0.3, -0.25) is 0 Å². The van der Waals surface area contributed by atoms with Crippen LogP contribution >= 0.6 is 0 Å². The number of hydrogen-bond acceptors (Lipinski definition) is 15. The summed E-state index contributed by atoms with van der Waals surface area (Å²) < 4.78 is 74.8. The second-order valence-electron chi connectivity index (χ2n) is 11.9. The van der Waals surface area contributed by atoms with Crippen molar-refractivity contribution in [1.82, 2.24) is 64.8 Å². The highest BCUT2D eigenvalue weighted by Gasteiger charge is 2.16. The van der Waals surface area contributed by atoms with Crippen molar-refractivity contribution < 1.29 is 31.3 Å². The van der Waals surface area contributed by atoms with Crippen molar-refractivity contribution in [3.05, 3.63) is 142 Å². The van der Waals surface area contributed by atoms with Gasteiger partial charge in [-0.1, -0.05) is 45.3 Å². The number of halogens is 6. The lowest BCUT2D eigenvalue weighted by Gasteiger charge is -2.03. The fourth-order valence-corrected chi connectivity index (χ4v) is 3.66. The van der Waals surface area contributed by atoms with E-state index in [4.69, 9.17) is 6.57 Å². The first-order chi connectivity index (χ1) is 27.8. The molecule has 0 amide bonds. The van der Waals surface area contributed by atoms with Crippen molar-refractivity contribution >= 4 is 39.8 Å². The van der Waals surface area contributed by atoms with Gasteiger partial charge in [0, 0.05) is 25.0 Å². The molecule has 17 nitrogen and oxygen atoms in total. The monoisotopic (exact) mass is 853 g/mol. The minimum absolute atomic E-state index is 0. The van der Waals surface area contributed by atoms with E-state index in [9.17, 15) is 36.5 Å². The Morgan fingerprint density at radius 2 is 0.918 bits per heavy atom. The molecule has 0 radical (unpaired) electrons. The largest absolute Gasteiger partial charge is 0.472 e. The maximum atomic E-state index is 12.9. The Hall–Kier alpha value is -7.64. The number of aromatic nitrogens is 13. The topological polar surface area (TPSA) is 215 Å². The molecule has 0 fully saturated rings. The van der Waals surface area contributed by atoms with Gasteiger partial charge >= 0.3 is 24.1 Å². The molecule has 0 saturated heterocycles. The van der Waals surface area contributed by atoms with Gasteiger partial charge in [0.25, 0.3) is 11.9 Å². The molecule has 0 aliphatic carbocycles. The predicted octanol–water partition coefficient (Wildman–Crippen LogP) is 8.90. The Balaban J connectivity index is 0.000000735. The number of nitrogens with zero attached hydrogens (tertiary/aromatic N) is 15. The van der Waals surface area contributed by atoms with Crippen molar-refractivity contribution in [2.45, 2.75) is 69.7 Å². The molecule has 0 aromatic carbocycles. The first-order valence-electron chi connectivity index (χ1n) is 16.5. The molecule has 0 N–H and O–H groups in total. The molecule has 0 aliphatic heterocycles. The normalized spacial score (nSPS) is 9.54. The van der Waals surface area contributed by atoms with E-state index in [-0.39, 0.29) is 41.9 Å². The van der Waals surface area contributed by atoms with Crippen LogP contribution in [0.4, 0.5) is 38.2 Å². The minimum atomic E-state index is -1.67. The van der Waals surface area contributed by atoms with Gasteiger partial charge in [0.15, 0.2) is 17.5 Å². The number of nitro groups is 1. The van der Waals surface area contributed by atoms with Crippen LogP contribution in [0, 0.1) is 80.2 Å². The first kappa shape index (κ1) is 53.4. The van der Waals surface area contributed by atoms with Crippen LogP contribution in [-0.2, 0) is 0 Å². The van der Waals surface area contributed by atoms with E-state index in [1.54, 1.807) is 48.5 Å². The van der Waals surface area contributed by atoms with Crippen LogP contribution in [-0.4, -0.2) is 69.7 Å². The van der Waals surface area contributed by atoms with Crippen LogP contribution in [0.15, 0.2) is 32.9 Å². The molecule has 0 bridgehead atoms. The van der Waals surface area contributed by atoms with E-state index in [0.717, 1.165) is 5.57 Å². The Bertz CT molecular complexity index is 2410. The highest BCUT2D eigenvalue weighted by Crippen LogP contribution is 2.17. The van der Waals surface area contributed by atoms with Gasteiger partial charge in [-0.15, -0.1) is 16.5 Å². The van der Waals surface area contributed by atoms with Crippen LogP contribution in [0.2, 0.25) is 0 Å². The van der Waals surface area contributed by atoms with Crippen molar-refractivity contribution in [2.75, 3.05) is 0 Å². The molecule has 0 atom stereocenters. The van der Waals surface area contributed by atoms with Crippen LogP contribution in [0.3, 0.4) is 0 Å². The number of rotatable bonds is 6. The maximum Gasteiger partial charge on any atom is 0.472 e. The zero-order valence-corrected chi connectivity index (χ0v) is 33.8. The van der Waals surface area contributed by atoms with Gasteiger partial charge < -0.3 is 15.0 Å². The lowest BCUT2D eigenvalue weighted by molar-refractivity contribution is -0.394. The standard InChI is InChI=1S/C8H8F2N2.C8H8N4.C7H5F3N2.C7H8FN3.C7H8N4O2.CH4/c1-4(2)6-5(3)11-8(10)12-7(6)9;1-5(2)7-10-6(3)11-8(9-4)12-7;1-3(2)7-11-5(9)4(8)6(10)12-7;1-4(2)6-9-5(3)10-7(8)11-6;1-4(2)6-8-5(3)9-7(10-6)11(12)13;/h2*1H2,2-3H3;1H2,2H3;1H2,2-3H3;1H2,2-3H3;1H4. The van der Waals surface area contributed by atoms with E-state index in [1.165, 1.54) is 13.8 Å². The Kier molecular flexibility index (Phi) is 21.3. The lowest BCUT2D eigenvalue weighted by atomic mass is 10.1. The van der Waals surface area contributed by atoms with Crippen molar-refractivity contribution in [2.24, 2.45) is 0 Å². The second kappa shape index (κ2) is 24.3. The summed E-state index contributed by atoms with van der Waals surface area (Å²) in [4.78, 5) is 58.7. The van der Waals surface area contributed by atoms with Gasteiger partial charge in [0.05, 0.1) is 11.3 Å². The lowest BCUT2D eigenvalue weighted by Crippen LogP contribution is -2.03. The molecule has 0 saturated carbocycles. The molecule has 0 spiro atoms. The molecule has 5 rings (SSSR count). The summed E-state index contributed by atoms with van der Waals surface area (Å²) in [5, 5.41) is 10.4. The average molecular weight is 854 g/mol. The summed E-state index contributed by atoms with van der Waals surface area (Å²) in [6.45, 7) is 39.2. The van der Waals surface area contributed by atoms with E-state index < -0.39 is 46.7 Å². The Labute approximate surface area is 347 Å². The number of allylic oxidation sites excluding steroid dienone is 5. The van der Waals surface area contributed by atoms with E-state index in [0.29, 0.717) is 45.8 Å². The smallest absolute Gasteiger partial charge is 0.394 e. The van der Waals surface area contributed by atoms with E-state index in [2.05, 4.69) is 103 Å². The van der Waals surface area contributed by atoms with Gasteiger partial charge in [0.2, 0.25) is 29.2 Å². The van der Waals surface area contributed by atoms with Gasteiger partial charge in [0.1, 0.15) is 5.82 Å². The predicted molar refractivity (Wildman–Crippen MR) is 215 cm³/mol. The zero-order chi connectivity index (χ0) is 46.2. The summed E-state index contributed by atoms with van der Waals surface area (Å²) in [7, 11) is 0. The highest BCUT2D eigenvalue weighted by atomic mass is 19.2. The summed E-state index contributed by atoms with van der Waals surface area (Å²) in [5.41, 5.74) is 3.18. The highest BCUT2D eigenvalue weighted by molar-refractivity contribution is 5.62. The molecule has 0 aliphatic rings. The Morgan fingerprint density at radius 1 is 0.525 bits per heavy atom. The van der Waals surface area contributed by atoms with Crippen molar-refractivity contribution in [3.63, 3.8) is 0 Å². The third-order valence-electron chi connectivity index (χ3n) is 6.20. The number of hydrogen-bond donors (Lipinski definition) is 0. The molecule has 5 heterocycles. The van der Waals surface area contributed by atoms with Crippen LogP contribution in [0.25, 0.3) is 32.7 Å². The molecule has 322 valence electrons. The summed E-state index contributed by atoms with van der Waals surface area (Å²) in [6, 6.07) is 0. The molecule has 23 heteroatoms. The third kappa shape index (κ3) is 17.8. The minimum Gasteiger partial charge on any atom is -0.394 e. The molecular formula is C38H41F6N15O2. The summed E-state index contributed by atoms with van der Waals surface area (Å²) in [6.07, 6.45) is -1.80. The first-order valence-corrected chi connectivity index (χ1v) is 16.5. The summed E-state index contributed by atoms with van der Waals surface area (Å²) in [5.74, 6) is -3.75. The van der Waals surface area contributed by atoms with Crippen LogP contribution in [0.5, 0.6) is 0 Å². The number of aryl methyl sites for hydroxylation is 4. The third-order valence-corrected chi connectivity index (χ3v) is 6.20. The van der Waals surface area contributed by atoms with E-state index >= 15 is 0 Å². The van der Waals surface area contributed by atoms with Gasteiger partial charge in [-0.2, -0.15) is 61.2 Å². The quantitative estimate of drug-likeness (QED) is 0.0389. The van der Waals surface area contributed by atoms with E-state index in [1.807, 2.05) is 0 Å². The van der Waals surface area contributed by atoms with Crippen LogP contribution < -0.4 is 0 Å². The second-order valence-corrected chi connectivity index (χ2v) is 11.9. The van der Waals surface area contributed by atoms with Gasteiger partial charge in [-0.05, 0) is 75.1 Å². The van der Waals surface area contributed by atoms with Crippen molar-refractivity contribution in [3.8, 4) is 0 Å². The average Bonchev–Trinajstić information content (AvgIpc) is 3.13. The molecule has 5 aromatic heterocycles. The zero-order valence-electron chi connectivity index (χ0n) is 33.8. The van der Waals surface area contributed by atoms with Crippen LogP contribution in [0.1, 0.15) is 94.1 Å². The maximum absolute atomic E-state index is 12.9. The molecular weight excluding hydrogens is 813 g/mol. The molecule has 61 heavy (non-hydrogen) atoms. The van der Waals surface area contributed by atoms with Gasteiger partial charge in [-0.25, -0.2) is 9.97 Å². The SMILES string of the molecule is C.C=C(C)c1c(C)nc(F)nc1F.C=C(C)c1nc(C)nc(F)n1.C=C(C)c1nc(C)nc([N+](=O)[O-])n1.C=C(C)c1nc(F)c(F)c(F)n1.[C-]#[N+]c1nc(C)nc(C(=C)C)n1. The molecule has 5 aromatic rings. The molecule has 0 unspecified atom stereocenters. The van der Waals surface area contributed by atoms with Crippen molar-refractivity contribution in [1.29, 1.82) is 0 Å². The fourth-order valence-electron chi connectivity index (χ4n) is 3.66. The summed E-state index contributed by atoms with van der Waals surface area (Å²) >= 11 is 0.